The first kappa shape index (κ1) is 23.1. The van der Waals surface area contributed by atoms with Gasteiger partial charge in [0.15, 0.2) is 0 Å². The lowest BCUT2D eigenvalue weighted by atomic mass is 10.2. The molecule has 0 fully saturated rings. The number of hydrogen-bond donors (Lipinski definition) is 1. The van der Waals surface area contributed by atoms with Crippen molar-refractivity contribution in [1.29, 1.82) is 0 Å². The van der Waals surface area contributed by atoms with Crippen molar-refractivity contribution in [2.45, 2.75) is 19.9 Å². The number of hydrogen-bond acceptors (Lipinski definition) is 5. The van der Waals surface area contributed by atoms with Crippen LogP contribution < -0.4 is 16.6 Å². The minimum atomic E-state index is -0.765. The predicted molar refractivity (Wildman–Crippen MR) is 130 cm³/mol. The van der Waals surface area contributed by atoms with Gasteiger partial charge in [0.05, 0.1) is 12.2 Å². The van der Waals surface area contributed by atoms with Crippen molar-refractivity contribution in [1.82, 2.24) is 24.6 Å². The van der Waals surface area contributed by atoms with Crippen LogP contribution >= 0.6 is 11.6 Å². The Balaban J connectivity index is 1.73. The Kier molecular flexibility index (Phi) is 6.98. The van der Waals surface area contributed by atoms with Gasteiger partial charge in [0.2, 0.25) is 5.69 Å². The molecular formula is C25H22ClN5O3. The molecule has 1 N–H and O–H groups in total. The van der Waals surface area contributed by atoms with Gasteiger partial charge < -0.3 is 5.32 Å². The first-order valence-electron chi connectivity index (χ1n) is 10.7. The summed E-state index contributed by atoms with van der Waals surface area (Å²) < 4.78 is 2.03. The summed E-state index contributed by atoms with van der Waals surface area (Å²) in [5.41, 5.74) is 0.902. The topological polar surface area (TPSA) is 98.9 Å². The lowest BCUT2D eigenvalue weighted by Gasteiger charge is -2.13. The van der Waals surface area contributed by atoms with Crippen LogP contribution in [0.15, 0.2) is 82.5 Å². The molecule has 0 bridgehead atoms. The van der Waals surface area contributed by atoms with Crippen molar-refractivity contribution in [3.8, 4) is 5.69 Å². The second kappa shape index (κ2) is 10.3. The molecule has 2 aromatic carbocycles. The number of nitrogens with zero attached hydrogens (tertiary/aromatic N) is 4. The van der Waals surface area contributed by atoms with Gasteiger partial charge in [-0.3, -0.25) is 19.1 Å². The average Bonchev–Trinajstić information content (AvgIpc) is 2.85. The van der Waals surface area contributed by atoms with Gasteiger partial charge in [-0.1, -0.05) is 54.1 Å². The van der Waals surface area contributed by atoms with Crippen LogP contribution in [0.2, 0.25) is 5.02 Å². The number of carbonyl (C=O) groups is 1. The van der Waals surface area contributed by atoms with Gasteiger partial charge in [-0.05, 0) is 42.3 Å². The van der Waals surface area contributed by atoms with Crippen molar-refractivity contribution in [3.05, 3.63) is 121 Å². The lowest BCUT2D eigenvalue weighted by Crippen LogP contribution is -2.46. The molecule has 34 heavy (non-hydrogen) atoms. The van der Waals surface area contributed by atoms with Crippen LogP contribution in [-0.2, 0) is 13.0 Å². The summed E-state index contributed by atoms with van der Waals surface area (Å²) >= 11 is 6.25. The first-order chi connectivity index (χ1) is 16.4. The Bertz CT molecular complexity index is 1430. The molecular weight excluding hydrogens is 454 g/mol. The molecule has 0 spiro atoms. The van der Waals surface area contributed by atoms with Crippen LogP contribution in [0.3, 0.4) is 0 Å². The van der Waals surface area contributed by atoms with E-state index in [4.69, 9.17) is 11.6 Å². The zero-order chi connectivity index (χ0) is 24.1. The average molecular weight is 476 g/mol. The number of benzene rings is 2. The van der Waals surface area contributed by atoms with Gasteiger partial charge in [-0.25, -0.2) is 4.79 Å². The second-order valence-corrected chi connectivity index (χ2v) is 8.09. The van der Waals surface area contributed by atoms with Crippen molar-refractivity contribution < 1.29 is 4.79 Å². The van der Waals surface area contributed by atoms with Gasteiger partial charge in [-0.2, -0.15) is 9.78 Å². The van der Waals surface area contributed by atoms with Gasteiger partial charge in [0.1, 0.15) is 0 Å². The first-order valence-corrected chi connectivity index (χ1v) is 11.0. The van der Waals surface area contributed by atoms with E-state index >= 15 is 0 Å². The lowest BCUT2D eigenvalue weighted by molar-refractivity contribution is 0.0944. The third kappa shape index (κ3) is 5.13. The molecule has 8 nitrogen and oxygen atoms in total. The summed E-state index contributed by atoms with van der Waals surface area (Å²) in [6.45, 7) is 2.08. The number of amides is 1. The molecule has 2 heterocycles. The van der Waals surface area contributed by atoms with E-state index in [1.165, 1.54) is 0 Å². The second-order valence-electron chi connectivity index (χ2n) is 7.68. The number of pyridine rings is 1. The van der Waals surface area contributed by atoms with Crippen LogP contribution in [0.5, 0.6) is 0 Å². The molecule has 1 amide bonds. The third-order valence-corrected chi connectivity index (χ3v) is 5.66. The maximum atomic E-state index is 13.2. The summed E-state index contributed by atoms with van der Waals surface area (Å²) in [5, 5.41) is 7.27. The smallest absolute Gasteiger partial charge is 0.350 e. The quantitative estimate of drug-likeness (QED) is 0.443. The molecule has 0 aliphatic carbocycles. The maximum Gasteiger partial charge on any atom is 0.352 e. The van der Waals surface area contributed by atoms with Gasteiger partial charge >= 0.3 is 5.69 Å². The van der Waals surface area contributed by atoms with E-state index in [2.05, 4.69) is 15.4 Å². The summed E-state index contributed by atoms with van der Waals surface area (Å²) in [6, 6.07) is 19.5. The largest absolute Gasteiger partial charge is 0.352 e. The van der Waals surface area contributed by atoms with Crippen molar-refractivity contribution in [2.75, 3.05) is 6.54 Å². The number of nitrogens with one attached hydrogen (secondary N) is 1. The summed E-state index contributed by atoms with van der Waals surface area (Å²) in [5.74, 6) is -0.672. The molecule has 2 aromatic heterocycles. The van der Waals surface area contributed by atoms with E-state index in [-0.39, 0.29) is 18.8 Å². The molecule has 0 aliphatic heterocycles. The summed E-state index contributed by atoms with van der Waals surface area (Å²) in [4.78, 5) is 43.6. The molecule has 0 aliphatic rings. The minimum absolute atomic E-state index is 0.00512. The summed E-state index contributed by atoms with van der Waals surface area (Å²) in [6.07, 6.45) is 2.15. The van der Waals surface area contributed by atoms with Crippen LogP contribution in [-0.4, -0.2) is 31.8 Å². The van der Waals surface area contributed by atoms with E-state index in [9.17, 15) is 14.4 Å². The predicted octanol–water partition coefficient (Wildman–Crippen LogP) is 2.77. The molecule has 4 rings (SSSR count). The molecule has 0 unspecified atom stereocenters. The SMILES string of the molecule is Cc1ccc(-n2nc(C(=O)NCCc3ccccn3)c(=O)n(Cc3ccccc3)c2=O)cc1Cl. The molecule has 4 aromatic rings. The van der Waals surface area contributed by atoms with E-state index in [1.54, 1.807) is 36.5 Å². The fraction of sp³-hybridized carbons (Fsp3) is 0.160. The Morgan fingerprint density at radius 1 is 1.03 bits per heavy atom. The third-order valence-electron chi connectivity index (χ3n) is 5.25. The number of aromatic nitrogens is 4. The van der Waals surface area contributed by atoms with Crippen molar-refractivity contribution >= 4 is 17.5 Å². The normalized spacial score (nSPS) is 10.8. The minimum Gasteiger partial charge on any atom is -0.350 e. The van der Waals surface area contributed by atoms with Crippen LogP contribution in [0.25, 0.3) is 5.69 Å². The van der Waals surface area contributed by atoms with E-state index in [1.807, 2.05) is 43.3 Å². The molecule has 0 saturated heterocycles. The number of carbonyl (C=O) groups excluding carboxylic acids is 1. The van der Waals surface area contributed by atoms with Gasteiger partial charge in [0.25, 0.3) is 11.5 Å². The van der Waals surface area contributed by atoms with E-state index < -0.39 is 17.2 Å². The Hall–Kier alpha value is -4.04. The maximum absolute atomic E-state index is 13.2. The highest BCUT2D eigenvalue weighted by Gasteiger charge is 2.20. The molecule has 172 valence electrons. The zero-order valence-corrected chi connectivity index (χ0v) is 19.2. The van der Waals surface area contributed by atoms with Crippen LogP contribution in [0.1, 0.15) is 27.3 Å². The highest BCUT2D eigenvalue weighted by atomic mass is 35.5. The highest BCUT2D eigenvalue weighted by Crippen LogP contribution is 2.18. The highest BCUT2D eigenvalue weighted by molar-refractivity contribution is 6.31. The molecule has 0 radical (unpaired) electrons. The zero-order valence-electron chi connectivity index (χ0n) is 18.4. The molecule has 0 saturated carbocycles. The summed E-state index contributed by atoms with van der Waals surface area (Å²) in [7, 11) is 0. The number of rotatable bonds is 7. The Morgan fingerprint density at radius 2 is 1.79 bits per heavy atom. The molecule has 0 atom stereocenters. The fourth-order valence-corrected chi connectivity index (χ4v) is 3.55. The van der Waals surface area contributed by atoms with Crippen molar-refractivity contribution in [2.24, 2.45) is 0 Å². The van der Waals surface area contributed by atoms with Crippen LogP contribution in [0.4, 0.5) is 0 Å². The number of aryl methyl sites for hydroxylation is 1. The van der Waals surface area contributed by atoms with E-state index in [0.717, 1.165) is 26.1 Å². The van der Waals surface area contributed by atoms with Crippen molar-refractivity contribution in [3.63, 3.8) is 0 Å². The fourth-order valence-electron chi connectivity index (χ4n) is 3.38. The van der Waals surface area contributed by atoms with Crippen LogP contribution in [0, 0.1) is 6.92 Å². The van der Waals surface area contributed by atoms with E-state index in [0.29, 0.717) is 17.1 Å². The monoisotopic (exact) mass is 475 g/mol. The molecule has 9 heteroatoms. The van der Waals surface area contributed by atoms with Gasteiger partial charge in [0, 0.05) is 29.9 Å². The Morgan fingerprint density at radius 3 is 2.50 bits per heavy atom. The van der Waals surface area contributed by atoms with Gasteiger partial charge in [-0.15, -0.1) is 0 Å². The standard InChI is InChI=1S/C25H22ClN5O3/c1-17-10-11-20(15-21(17)26)31-25(34)30(16-18-7-3-2-4-8-18)24(33)22(29-31)23(32)28-14-12-19-9-5-6-13-27-19/h2-11,13,15H,12,14,16H2,1H3,(H,28,32). The Labute approximate surface area is 200 Å². The number of halogens is 1.